The Bertz CT molecular complexity index is 1240. The summed E-state index contributed by atoms with van der Waals surface area (Å²) in [5, 5.41) is 3.08. The van der Waals surface area contributed by atoms with Gasteiger partial charge in [0, 0.05) is 12.2 Å². The lowest BCUT2D eigenvalue weighted by molar-refractivity contribution is -0.117. The van der Waals surface area contributed by atoms with Crippen LogP contribution in [0.2, 0.25) is 0 Å². The summed E-state index contributed by atoms with van der Waals surface area (Å²) >= 11 is 1.04. The van der Waals surface area contributed by atoms with Crippen LogP contribution in [-0.4, -0.2) is 46.4 Å². The standard InChI is InChI=1S/C23H21F2N3O5S/c24-22(25)33-15-9-7-14(8-10-15)20(30)27-19(29)13-34-23-26-18-6-2-1-5-17(18)21(31)28(23)12-16-4-3-11-32-16/h1-2,5-10,16,22H,3-4,11-13H2,(H,27,29,30). The zero-order valence-corrected chi connectivity index (χ0v) is 18.7. The summed E-state index contributed by atoms with van der Waals surface area (Å²) in [6, 6.07) is 11.9. The van der Waals surface area contributed by atoms with Gasteiger partial charge in [-0.2, -0.15) is 8.78 Å². The van der Waals surface area contributed by atoms with Crippen LogP contribution in [0.5, 0.6) is 5.75 Å². The van der Waals surface area contributed by atoms with E-state index in [1.54, 1.807) is 24.3 Å². The third-order valence-corrected chi connectivity index (χ3v) is 6.14. The number of aromatic nitrogens is 2. The minimum absolute atomic E-state index is 0.0972. The molecule has 1 unspecified atom stereocenters. The number of rotatable bonds is 8. The number of imide groups is 1. The maximum absolute atomic E-state index is 13.1. The van der Waals surface area contributed by atoms with Crippen molar-refractivity contribution >= 4 is 34.5 Å². The topological polar surface area (TPSA) is 99.5 Å². The summed E-state index contributed by atoms with van der Waals surface area (Å²) in [6.45, 7) is -2.01. The van der Waals surface area contributed by atoms with Crippen LogP contribution in [0.25, 0.3) is 10.9 Å². The molecule has 178 valence electrons. The highest BCUT2D eigenvalue weighted by molar-refractivity contribution is 7.99. The fourth-order valence-corrected chi connectivity index (χ4v) is 4.37. The van der Waals surface area contributed by atoms with Crippen molar-refractivity contribution in [1.29, 1.82) is 0 Å². The summed E-state index contributed by atoms with van der Waals surface area (Å²) in [4.78, 5) is 42.3. The number of carbonyl (C=O) groups excluding carboxylic acids is 2. The van der Waals surface area contributed by atoms with Crippen molar-refractivity contribution in [2.24, 2.45) is 0 Å². The van der Waals surface area contributed by atoms with Crippen molar-refractivity contribution < 1.29 is 27.8 Å². The molecule has 8 nitrogen and oxygen atoms in total. The molecule has 1 saturated heterocycles. The Balaban J connectivity index is 1.45. The first-order valence-electron chi connectivity index (χ1n) is 10.5. The van der Waals surface area contributed by atoms with Crippen LogP contribution in [0.15, 0.2) is 58.5 Å². The molecule has 0 aliphatic carbocycles. The highest BCUT2D eigenvalue weighted by atomic mass is 32.2. The van der Waals surface area contributed by atoms with Crippen LogP contribution in [0.1, 0.15) is 23.2 Å². The van der Waals surface area contributed by atoms with E-state index < -0.39 is 18.4 Å². The van der Waals surface area contributed by atoms with E-state index in [0.717, 1.165) is 24.6 Å². The number of nitrogens with one attached hydrogen (secondary N) is 1. The van der Waals surface area contributed by atoms with E-state index in [9.17, 15) is 23.2 Å². The highest BCUT2D eigenvalue weighted by Crippen LogP contribution is 2.21. The molecule has 3 aromatic rings. The number of fused-ring (bicyclic) bond motifs is 1. The molecule has 1 fully saturated rings. The summed E-state index contributed by atoms with van der Waals surface area (Å²) in [5.41, 5.74) is 0.409. The number of hydrogen-bond acceptors (Lipinski definition) is 7. The predicted molar refractivity (Wildman–Crippen MR) is 121 cm³/mol. The lowest BCUT2D eigenvalue weighted by Crippen LogP contribution is -2.33. The van der Waals surface area contributed by atoms with E-state index >= 15 is 0 Å². The van der Waals surface area contributed by atoms with Crippen LogP contribution in [0, 0.1) is 0 Å². The van der Waals surface area contributed by atoms with Crippen molar-refractivity contribution in [2.75, 3.05) is 12.4 Å². The summed E-state index contributed by atoms with van der Waals surface area (Å²) in [5.74, 6) is -1.53. The molecule has 2 heterocycles. The van der Waals surface area contributed by atoms with E-state index in [2.05, 4.69) is 15.0 Å². The number of hydrogen-bond donors (Lipinski definition) is 1. The zero-order valence-electron chi connectivity index (χ0n) is 17.9. The number of nitrogens with zero attached hydrogens (tertiary/aromatic N) is 2. The van der Waals surface area contributed by atoms with Gasteiger partial charge in [0.25, 0.3) is 11.5 Å². The minimum atomic E-state index is -2.97. The van der Waals surface area contributed by atoms with Gasteiger partial charge in [0.2, 0.25) is 5.91 Å². The summed E-state index contributed by atoms with van der Waals surface area (Å²) < 4.78 is 35.9. The first-order valence-corrected chi connectivity index (χ1v) is 11.5. The van der Waals surface area contributed by atoms with Crippen molar-refractivity contribution in [3.63, 3.8) is 0 Å². The maximum Gasteiger partial charge on any atom is 0.387 e. The van der Waals surface area contributed by atoms with Gasteiger partial charge in [-0.1, -0.05) is 23.9 Å². The molecule has 1 aromatic heterocycles. The van der Waals surface area contributed by atoms with Gasteiger partial charge in [0.15, 0.2) is 5.16 Å². The first-order chi connectivity index (χ1) is 16.4. The van der Waals surface area contributed by atoms with Crippen LogP contribution in [0.4, 0.5) is 8.78 Å². The minimum Gasteiger partial charge on any atom is -0.435 e. The van der Waals surface area contributed by atoms with Crippen molar-refractivity contribution in [1.82, 2.24) is 14.9 Å². The molecule has 0 radical (unpaired) electrons. The second-order valence-corrected chi connectivity index (χ2v) is 8.47. The molecule has 4 rings (SSSR count). The second kappa shape index (κ2) is 10.7. The van der Waals surface area contributed by atoms with Crippen LogP contribution in [0.3, 0.4) is 0 Å². The number of alkyl halides is 2. The van der Waals surface area contributed by atoms with Gasteiger partial charge in [-0.05, 0) is 49.2 Å². The molecule has 34 heavy (non-hydrogen) atoms. The Kier molecular flexibility index (Phi) is 7.53. The molecule has 1 atom stereocenters. The number of para-hydroxylation sites is 1. The average molecular weight is 490 g/mol. The van der Waals surface area contributed by atoms with E-state index in [4.69, 9.17) is 4.74 Å². The van der Waals surface area contributed by atoms with Gasteiger partial charge < -0.3 is 9.47 Å². The Morgan fingerprint density at radius 2 is 1.97 bits per heavy atom. The Hall–Kier alpha value is -3.31. The van der Waals surface area contributed by atoms with Gasteiger partial charge in [0.05, 0.1) is 29.3 Å². The monoisotopic (exact) mass is 489 g/mol. The molecule has 0 bridgehead atoms. The number of amides is 2. The molecular formula is C23H21F2N3O5S. The van der Waals surface area contributed by atoms with Crippen LogP contribution < -0.4 is 15.6 Å². The largest absolute Gasteiger partial charge is 0.435 e. The zero-order chi connectivity index (χ0) is 24.1. The van der Waals surface area contributed by atoms with Crippen molar-refractivity contribution in [2.45, 2.75) is 37.3 Å². The smallest absolute Gasteiger partial charge is 0.387 e. The number of halogens is 2. The second-order valence-electron chi connectivity index (χ2n) is 7.53. The van der Waals surface area contributed by atoms with Crippen molar-refractivity contribution in [3.8, 4) is 5.75 Å². The summed E-state index contributed by atoms with van der Waals surface area (Å²) in [7, 11) is 0. The first kappa shape index (κ1) is 23.8. The lowest BCUT2D eigenvalue weighted by Gasteiger charge is -2.16. The molecule has 11 heteroatoms. The molecule has 2 amide bonds. The Morgan fingerprint density at radius 1 is 1.21 bits per heavy atom. The van der Waals surface area contributed by atoms with Gasteiger partial charge in [-0.15, -0.1) is 0 Å². The molecular weight excluding hydrogens is 468 g/mol. The quantitative estimate of drug-likeness (QED) is 0.383. The third-order valence-electron chi connectivity index (χ3n) is 5.16. The fraction of sp³-hybridized carbons (Fsp3) is 0.304. The van der Waals surface area contributed by atoms with E-state index in [0.29, 0.717) is 29.2 Å². The van der Waals surface area contributed by atoms with Crippen molar-refractivity contribution in [3.05, 3.63) is 64.4 Å². The fourth-order valence-electron chi connectivity index (χ4n) is 3.56. The van der Waals surface area contributed by atoms with E-state index in [-0.39, 0.29) is 28.7 Å². The molecule has 1 aliphatic rings. The van der Waals surface area contributed by atoms with E-state index in [1.165, 1.54) is 28.8 Å². The third kappa shape index (κ3) is 5.78. The number of ether oxygens (including phenoxy) is 2. The average Bonchev–Trinajstić information content (AvgIpc) is 3.33. The summed E-state index contributed by atoms with van der Waals surface area (Å²) in [6.07, 6.45) is 1.65. The Labute approximate surface area is 197 Å². The number of thioether (sulfide) groups is 1. The van der Waals surface area contributed by atoms with Gasteiger partial charge >= 0.3 is 6.61 Å². The number of carbonyl (C=O) groups is 2. The maximum atomic E-state index is 13.1. The number of benzene rings is 2. The van der Waals surface area contributed by atoms with E-state index in [1.807, 2.05) is 0 Å². The Morgan fingerprint density at radius 3 is 2.68 bits per heavy atom. The normalized spacial score (nSPS) is 15.6. The molecule has 2 aromatic carbocycles. The molecule has 0 saturated carbocycles. The van der Waals surface area contributed by atoms with Crippen LogP contribution in [-0.2, 0) is 16.1 Å². The predicted octanol–water partition coefficient (Wildman–Crippen LogP) is 3.23. The lowest BCUT2D eigenvalue weighted by atomic mass is 10.2. The SMILES string of the molecule is O=C(CSc1nc2ccccc2c(=O)n1CC1CCCO1)NC(=O)c1ccc(OC(F)F)cc1. The molecule has 1 aliphatic heterocycles. The molecule has 1 N–H and O–H groups in total. The van der Waals surface area contributed by atoms with Gasteiger partial charge in [-0.25, -0.2) is 4.98 Å². The molecule has 0 spiro atoms. The van der Waals surface area contributed by atoms with Gasteiger partial charge in [-0.3, -0.25) is 24.3 Å². The van der Waals surface area contributed by atoms with Gasteiger partial charge in [0.1, 0.15) is 5.75 Å². The highest BCUT2D eigenvalue weighted by Gasteiger charge is 2.21. The van der Waals surface area contributed by atoms with Crippen LogP contribution >= 0.6 is 11.8 Å².